The number of alkyl halides is 2. The van der Waals surface area contributed by atoms with E-state index < -0.39 is 33.8 Å². The van der Waals surface area contributed by atoms with Crippen LogP contribution >= 0.6 is 46.4 Å². The minimum absolute atomic E-state index is 0.131. The van der Waals surface area contributed by atoms with E-state index in [1.54, 1.807) is 31.2 Å². The van der Waals surface area contributed by atoms with Crippen LogP contribution in [0.5, 0.6) is 0 Å². The Kier molecular flexibility index (Phi) is 6.99. The molecule has 0 aliphatic heterocycles. The van der Waals surface area contributed by atoms with Crippen molar-refractivity contribution in [3.63, 3.8) is 0 Å². The van der Waals surface area contributed by atoms with E-state index >= 15 is 0 Å². The molecule has 0 radical (unpaired) electrons. The second-order valence-corrected chi connectivity index (χ2v) is 10.4. The lowest BCUT2D eigenvalue weighted by atomic mass is 10.0. The van der Waals surface area contributed by atoms with Crippen molar-refractivity contribution >= 4 is 69.6 Å². The molecule has 1 aliphatic rings. The van der Waals surface area contributed by atoms with Crippen LogP contribution in [0.3, 0.4) is 0 Å². The van der Waals surface area contributed by atoms with Gasteiger partial charge in [0.25, 0.3) is 5.91 Å². The van der Waals surface area contributed by atoms with E-state index in [9.17, 15) is 14.0 Å². The van der Waals surface area contributed by atoms with Crippen molar-refractivity contribution in [2.24, 2.45) is 5.92 Å². The summed E-state index contributed by atoms with van der Waals surface area (Å²) in [4.78, 5) is 25.6. The predicted octanol–water partition coefficient (Wildman–Crippen LogP) is 7.09. The molecule has 2 amide bonds. The summed E-state index contributed by atoms with van der Waals surface area (Å²) < 4.78 is 13.0. The summed E-state index contributed by atoms with van der Waals surface area (Å²) in [5.41, 5.74) is 1.98. The van der Waals surface area contributed by atoms with Gasteiger partial charge < -0.3 is 10.6 Å². The van der Waals surface area contributed by atoms with E-state index in [0.717, 1.165) is 6.07 Å². The summed E-state index contributed by atoms with van der Waals surface area (Å²) in [6.07, 6.45) is 0. The van der Waals surface area contributed by atoms with Crippen LogP contribution < -0.4 is 10.6 Å². The Balaban J connectivity index is 1.51. The molecule has 35 heavy (non-hydrogen) atoms. The number of carbonyl (C=O) groups excluding carboxylic acids is 2. The van der Waals surface area contributed by atoms with Crippen LogP contribution in [-0.4, -0.2) is 16.1 Å². The number of amides is 2. The Morgan fingerprint density at radius 3 is 2.31 bits per heavy atom. The SMILES string of the molecule is Cc1cc(C#N)ccc1C(=O)Nc1cc(NC(=O)[C@H]2[C@H](c3cc(Cl)cc(Cl)c3)C2(Cl)Cl)ccc1F. The molecule has 0 saturated heterocycles. The average molecular weight is 551 g/mol. The largest absolute Gasteiger partial charge is 0.326 e. The fourth-order valence-corrected chi connectivity index (χ4v) is 5.29. The fourth-order valence-electron chi connectivity index (χ4n) is 3.92. The molecule has 5 nitrogen and oxygen atoms in total. The molecule has 1 fully saturated rings. The van der Waals surface area contributed by atoms with E-state index in [-0.39, 0.29) is 16.9 Å². The highest BCUT2D eigenvalue weighted by molar-refractivity contribution is 6.53. The maximum absolute atomic E-state index is 14.4. The number of anilines is 2. The van der Waals surface area contributed by atoms with Crippen LogP contribution in [0.1, 0.15) is 33.0 Å². The molecule has 1 saturated carbocycles. The van der Waals surface area contributed by atoms with E-state index in [1.165, 1.54) is 24.3 Å². The van der Waals surface area contributed by atoms with Crippen LogP contribution in [0.2, 0.25) is 10.0 Å². The first-order chi connectivity index (χ1) is 16.5. The second kappa shape index (κ2) is 9.67. The third kappa shape index (κ3) is 5.24. The maximum atomic E-state index is 14.4. The Morgan fingerprint density at radius 1 is 1.00 bits per heavy atom. The lowest BCUT2D eigenvalue weighted by molar-refractivity contribution is -0.117. The minimum Gasteiger partial charge on any atom is -0.326 e. The molecule has 2 atom stereocenters. The topological polar surface area (TPSA) is 82.0 Å². The van der Waals surface area contributed by atoms with Crippen LogP contribution in [0.15, 0.2) is 54.6 Å². The van der Waals surface area contributed by atoms with Gasteiger partial charge in [-0.05, 0) is 72.6 Å². The Hall–Kier alpha value is -2.82. The van der Waals surface area contributed by atoms with E-state index in [4.69, 9.17) is 51.7 Å². The normalized spacial score (nSPS) is 17.9. The summed E-state index contributed by atoms with van der Waals surface area (Å²) in [5, 5.41) is 14.9. The molecule has 2 N–H and O–H groups in total. The summed E-state index contributed by atoms with van der Waals surface area (Å²) in [7, 11) is 0. The van der Waals surface area contributed by atoms with Crippen LogP contribution in [0.25, 0.3) is 0 Å². The number of hydrogen-bond acceptors (Lipinski definition) is 3. The number of hydrogen-bond donors (Lipinski definition) is 2. The van der Waals surface area contributed by atoms with Crippen LogP contribution in [0.4, 0.5) is 15.8 Å². The van der Waals surface area contributed by atoms with E-state index in [2.05, 4.69) is 10.6 Å². The minimum atomic E-state index is -1.37. The molecule has 3 aromatic rings. The molecule has 0 spiro atoms. The molecule has 3 aromatic carbocycles. The summed E-state index contributed by atoms with van der Waals surface area (Å²) >= 11 is 24.9. The number of nitrogens with one attached hydrogen (secondary N) is 2. The number of halogens is 5. The van der Waals surface area contributed by atoms with Gasteiger partial charge in [0.1, 0.15) is 10.2 Å². The molecule has 4 rings (SSSR count). The number of rotatable bonds is 5. The zero-order chi connectivity index (χ0) is 25.5. The standard InChI is InChI=1S/C25H16Cl4FN3O2/c1-12-6-13(11-31)2-4-18(12)23(34)33-20-10-17(3-5-19(20)30)32-24(35)22-21(25(22,28)29)14-7-15(26)9-16(27)8-14/h2-10,21-22H,1H3,(H,32,35)(H,33,34)/t21-,22+/m0/s1. The summed E-state index contributed by atoms with van der Waals surface area (Å²) in [6.45, 7) is 1.67. The first-order valence-corrected chi connectivity index (χ1v) is 11.8. The summed E-state index contributed by atoms with van der Waals surface area (Å²) in [5.74, 6) is -3.08. The van der Waals surface area contributed by atoms with Crippen molar-refractivity contribution in [3.8, 4) is 6.07 Å². The fraction of sp³-hybridized carbons (Fsp3) is 0.160. The molecular formula is C25H16Cl4FN3O2. The zero-order valence-corrected chi connectivity index (χ0v) is 21.0. The number of nitriles is 1. The zero-order valence-electron chi connectivity index (χ0n) is 18.0. The molecule has 1 aliphatic carbocycles. The number of nitrogens with zero attached hydrogens (tertiary/aromatic N) is 1. The highest BCUT2D eigenvalue weighted by Crippen LogP contribution is 2.65. The van der Waals surface area contributed by atoms with Crippen molar-refractivity contribution in [1.82, 2.24) is 0 Å². The van der Waals surface area contributed by atoms with Gasteiger partial charge in [0.2, 0.25) is 5.91 Å². The molecule has 10 heteroatoms. The van der Waals surface area contributed by atoms with Crippen molar-refractivity contribution < 1.29 is 14.0 Å². The Labute approximate surface area is 220 Å². The summed E-state index contributed by atoms with van der Waals surface area (Å²) in [6, 6.07) is 15.1. The van der Waals surface area contributed by atoms with Gasteiger partial charge in [-0.3, -0.25) is 9.59 Å². The van der Waals surface area contributed by atoms with Gasteiger partial charge in [0.05, 0.1) is 23.2 Å². The van der Waals surface area contributed by atoms with Gasteiger partial charge >= 0.3 is 0 Å². The van der Waals surface area contributed by atoms with E-state index in [0.29, 0.717) is 26.7 Å². The molecule has 0 unspecified atom stereocenters. The van der Waals surface area contributed by atoms with Crippen LogP contribution in [-0.2, 0) is 4.79 Å². The third-order valence-electron chi connectivity index (χ3n) is 5.66. The van der Waals surface area contributed by atoms with Crippen molar-refractivity contribution in [2.45, 2.75) is 17.2 Å². The highest BCUT2D eigenvalue weighted by atomic mass is 35.5. The van der Waals surface area contributed by atoms with Crippen molar-refractivity contribution in [1.29, 1.82) is 5.26 Å². The molecule has 178 valence electrons. The van der Waals surface area contributed by atoms with Crippen LogP contribution in [0, 0.1) is 30.0 Å². The Bertz CT molecular complexity index is 1380. The first kappa shape index (κ1) is 25.3. The maximum Gasteiger partial charge on any atom is 0.256 e. The second-order valence-electron chi connectivity index (χ2n) is 8.11. The van der Waals surface area contributed by atoms with Gasteiger partial charge in [0, 0.05) is 27.2 Å². The number of aryl methyl sites for hydroxylation is 1. The van der Waals surface area contributed by atoms with Gasteiger partial charge in [-0.25, -0.2) is 4.39 Å². The molecule has 0 bridgehead atoms. The van der Waals surface area contributed by atoms with Gasteiger partial charge in [-0.15, -0.1) is 23.2 Å². The molecule has 0 aromatic heterocycles. The Morgan fingerprint density at radius 2 is 1.69 bits per heavy atom. The van der Waals surface area contributed by atoms with Gasteiger partial charge in [0.15, 0.2) is 0 Å². The monoisotopic (exact) mass is 549 g/mol. The predicted molar refractivity (Wildman–Crippen MR) is 136 cm³/mol. The highest BCUT2D eigenvalue weighted by Gasteiger charge is 2.67. The lowest BCUT2D eigenvalue weighted by Gasteiger charge is -2.11. The quantitative estimate of drug-likeness (QED) is 0.333. The molecular weight excluding hydrogens is 535 g/mol. The van der Waals surface area contributed by atoms with Crippen molar-refractivity contribution in [2.75, 3.05) is 10.6 Å². The number of carbonyl (C=O) groups is 2. The van der Waals surface area contributed by atoms with E-state index in [1.807, 2.05) is 6.07 Å². The van der Waals surface area contributed by atoms with Gasteiger partial charge in [-0.2, -0.15) is 5.26 Å². The smallest absolute Gasteiger partial charge is 0.256 e. The first-order valence-electron chi connectivity index (χ1n) is 10.3. The third-order valence-corrected chi connectivity index (χ3v) is 7.04. The lowest BCUT2D eigenvalue weighted by Crippen LogP contribution is -2.18. The molecule has 0 heterocycles. The van der Waals surface area contributed by atoms with Crippen molar-refractivity contribution in [3.05, 3.63) is 92.7 Å². The average Bonchev–Trinajstić information content (AvgIpc) is 3.37. The van der Waals surface area contributed by atoms with Gasteiger partial charge in [-0.1, -0.05) is 23.2 Å². The number of benzene rings is 3.